The molecule has 1 N–H and O–H groups in total. The highest BCUT2D eigenvalue weighted by Crippen LogP contribution is 2.26. The minimum absolute atomic E-state index is 0.848. The molecule has 3 rings (SSSR count). The lowest BCUT2D eigenvalue weighted by atomic mass is 9.87. The van der Waals surface area contributed by atoms with E-state index in [0.29, 0.717) is 0 Å². The Labute approximate surface area is 146 Å². The van der Waals surface area contributed by atoms with Crippen LogP contribution in [0.5, 0.6) is 5.75 Å². The van der Waals surface area contributed by atoms with Gasteiger partial charge in [0.2, 0.25) is 0 Å². The molecule has 0 heterocycles. The molecule has 2 aromatic carbocycles. The van der Waals surface area contributed by atoms with E-state index >= 15 is 0 Å². The first-order valence-electron chi connectivity index (χ1n) is 9.32. The van der Waals surface area contributed by atoms with Gasteiger partial charge in [0.1, 0.15) is 5.75 Å². The molecule has 0 atom stereocenters. The van der Waals surface area contributed by atoms with Crippen LogP contribution < -0.4 is 10.1 Å². The van der Waals surface area contributed by atoms with E-state index in [1.54, 1.807) is 0 Å². The maximum Gasteiger partial charge on any atom is 0.119 e. The summed E-state index contributed by atoms with van der Waals surface area (Å²) in [7, 11) is 0. The van der Waals surface area contributed by atoms with Gasteiger partial charge >= 0.3 is 0 Å². The minimum Gasteiger partial charge on any atom is -0.494 e. The first kappa shape index (κ1) is 16.9. The van der Waals surface area contributed by atoms with Crippen molar-refractivity contribution >= 4 is 5.69 Å². The highest BCUT2D eigenvalue weighted by molar-refractivity contribution is 5.47. The average Bonchev–Trinajstić information content (AvgIpc) is 2.63. The summed E-state index contributed by atoms with van der Waals surface area (Å²) in [5.74, 6) is 1.86. The third kappa shape index (κ3) is 5.02. The molecular weight excluding hydrogens is 294 g/mol. The van der Waals surface area contributed by atoms with Gasteiger partial charge in [-0.3, -0.25) is 0 Å². The van der Waals surface area contributed by atoms with E-state index in [4.69, 9.17) is 4.74 Å². The van der Waals surface area contributed by atoms with Gasteiger partial charge in [-0.15, -0.1) is 0 Å². The molecule has 24 heavy (non-hydrogen) atoms. The fourth-order valence-corrected chi connectivity index (χ4v) is 3.49. The normalized spacial score (nSPS) is 15.2. The van der Waals surface area contributed by atoms with E-state index in [2.05, 4.69) is 60.8 Å². The minimum atomic E-state index is 0.848. The van der Waals surface area contributed by atoms with Gasteiger partial charge in [0.05, 0.1) is 6.61 Å². The van der Waals surface area contributed by atoms with Crippen molar-refractivity contribution in [3.8, 4) is 5.75 Å². The van der Waals surface area contributed by atoms with Crippen LogP contribution in [0.15, 0.2) is 48.5 Å². The Hall–Kier alpha value is -1.96. The number of anilines is 1. The SMILES string of the molecule is Cc1ccccc1CNc1ccc(OCCC2CCCCC2)cc1. The highest BCUT2D eigenvalue weighted by atomic mass is 16.5. The van der Waals surface area contributed by atoms with E-state index in [-0.39, 0.29) is 0 Å². The molecule has 2 heteroatoms. The number of ether oxygens (including phenoxy) is 1. The van der Waals surface area contributed by atoms with E-state index in [0.717, 1.165) is 30.5 Å². The number of hydrogen-bond acceptors (Lipinski definition) is 2. The fourth-order valence-electron chi connectivity index (χ4n) is 3.49. The van der Waals surface area contributed by atoms with Crippen LogP contribution in [0.2, 0.25) is 0 Å². The second-order valence-electron chi connectivity index (χ2n) is 6.95. The first-order chi connectivity index (χ1) is 11.8. The smallest absolute Gasteiger partial charge is 0.119 e. The van der Waals surface area contributed by atoms with Gasteiger partial charge in [0, 0.05) is 12.2 Å². The van der Waals surface area contributed by atoms with Crippen LogP contribution in [0.25, 0.3) is 0 Å². The van der Waals surface area contributed by atoms with Gasteiger partial charge in [-0.2, -0.15) is 0 Å². The molecule has 0 radical (unpaired) electrons. The van der Waals surface area contributed by atoms with Gasteiger partial charge in [0.15, 0.2) is 0 Å². The quantitative estimate of drug-likeness (QED) is 0.679. The fraction of sp³-hybridized carbons (Fsp3) is 0.455. The van der Waals surface area contributed by atoms with Crippen molar-refractivity contribution in [1.82, 2.24) is 0 Å². The molecule has 0 aromatic heterocycles. The molecule has 2 nitrogen and oxygen atoms in total. The summed E-state index contributed by atoms with van der Waals surface area (Å²) in [5, 5.41) is 3.48. The molecule has 0 bridgehead atoms. The van der Waals surface area contributed by atoms with Crippen molar-refractivity contribution in [3.05, 3.63) is 59.7 Å². The highest BCUT2D eigenvalue weighted by Gasteiger charge is 2.13. The topological polar surface area (TPSA) is 21.3 Å². The van der Waals surface area contributed by atoms with E-state index < -0.39 is 0 Å². The Morgan fingerprint density at radius 1 is 0.958 bits per heavy atom. The lowest BCUT2D eigenvalue weighted by molar-refractivity contribution is 0.246. The molecule has 0 aliphatic heterocycles. The van der Waals surface area contributed by atoms with Gasteiger partial charge < -0.3 is 10.1 Å². The molecule has 0 saturated heterocycles. The Balaban J connectivity index is 1.42. The van der Waals surface area contributed by atoms with Crippen LogP contribution in [0.3, 0.4) is 0 Å². The molecule has 128 valence electrons. The van der Waals surface area contributed by atoms with E-state index in [9.17, 15) is 0 Å². The predicted octanol–water partition coefficient (Wildman–Crippen LogP) is 5.96. The predicted molar refractivity (Wildman–Crippen MR) is 102 cm³/mol. The standard InChI is InChI=1S/C22H29NO/c1-18-7-5-6-10-20(18)17-23-21-11-13-22(14-12-21)24-16-15-19-8-3-2-4-9-19/h5-7,10-14,19,23H,2-4,8-9,15-17H2,1H3. The number of hydrogen-bond donors (Lipinski definition) is 1. The second-order valence-corrected chi connectivity index (χ2v) is 6.95. The molecule has 1 aliphatic rings. The van der Waals surface area contributed by atoms with Crippen molar-refractivity contribution in [1.29, 1.82) is 0 Å². The zero-order valence-electron chi connectivity index (χ0n) is 14.8. The molecule has 1 saturated carbocycles. The number of rotatable bonds is 7. The van der Waals surface area contributed by atoms with Crippen molar-refractivity contribution < 1.29 is 4.74 Å². The zero-order chi connectivity index (χ0) is 16.6. The molecule has 0 unspecified atom stereocenters. The summed E-state index contributed by atoms with van der Waals surface area (Å²) >= 11 is 0. The van der Waals surface area contributed by atoms with Crippen molar-refractivity contribution in [2.24, 2.45) is 5.92 Å². The monoisotopic (exact) mass is 323 g/mol. The third-order valence-corrected chi connectivity index (χ3v) is 5.12. The summed E-state index contributed by atoms with van der Waals surface area (Å²) in [5.41, 5.74) is 3.80. The van der Waals surface area contributed by atoms with Gasteiger partial charge in [-0.05, 0) is 54.7 Å². The van der Waals surface area contributed by atoms with Gasteiger partial charge in [-0.25, -0.2) is 0 Å². The van der Waals surface area contributed by atoms with Crippen LogP contribution in [-0.2, 0) is 6.54 Å². The molecule has 1 aliphatic carbocycles. The van der Waals surface area contributed by atoms with Crippen LogP contribution >= 0.6 is 0 Å². The van der Waals surface area contributed by atoms with Crippen molar-refractivity contribution in [3.63, 3.8) is 0 Å². The van der Waals surface area contributed by atoms with Crippen molar-refractivity contribution in [2.45, 2.75) is 52.0 Å². The maximum atomic E-state index is 5.92. The molecule has 0 spiro atoms. The van der Waals surface area contributed by atoms with Crippen LogP contribution in [0.1, 0.15) is 49.7 Å². The zero-order valence-corrected chi connectivity index (χ0v) is 14.8. The van der Waals surface area contributed by atoms with E-state index in [1.807, 2.05) is 0 Å². The Kier molecular flexibility index (Phi) is 6.17. The Morgan fingerprint density at radius 3 is 2.46 bits per heavy atom. The molecule has 2 aromatic rings. The molecule has 0 amide bonds. The summed E-state index contributed by atoms with van der Waals surface area (Å²) in [6, 6.07) is 16.8. The van der Waals surface area contributed by atoms with Crippen LogP contribution in [0.4, 0.5) is 5.69 Å². The second kappa shape index (κ2) is 8.77. The maximum absolute atomic E-state index is 5.92. The largest absolute Gasteiger partial charge is 0.494 e. The van der Waals surface area contributed by atoms with Crippen molar-refractivity contribution in [2.75, 3.05) is 11.9 Å². The number of nitrogens with one attached hydrogen (secondary N) is 1. The average molecular weight is 323 g/mol. The lowest BCUT2D eigenvalue weighted by Crippen LogP contribution is -2.10. The van der Waals surface area contributed by atoms with Gasteiger partial charge in [0.25, 0.3) is 0 Å². The van der Waals surface area contributed by atoms with Crippen LogP contribution in [-0.4, -0.2) is 6.61 Å². The number of benzene rings is 2. The van der Waals surface area contributed by atoms with Crippen LogP contribution in [0, 0.1) is 12.8 Å². The molecule has 1 fully saturated rings. The van der Waals surface area contributed by atoms with E-state index in [1.165, 1.54) is 49.7 Å². The Bertz CT molecular complexity index is 614. The lowest BCUT2D eigenvalue weighted by Gasteiger charge is -2.21. The summed E-state index contributed by atoms with van der Waals surface area (Å²) in [4.78, 5) is 0. The molecular formula is C22H29NO. The summed E-state index contributed by atoms with van der Waals surface area (Å²) in [6.45, 7) is 3.86. The third-order valence-electron chi connectivity index (χ3n) is 5.12. The summed E-state index contributed by atoms with van der Waals surface area (Å²) in [6.07, 6.45) is 8.23. The number of aryl methyl sites for hydroxylation is 1. The Morgan fingerprint density at radius 2 is 1.71 bits per heavy atom. The first-order valence-corrected chi connectivity index (χ1v) is 9.32. The summed E-state index contributed by atoms with van der Waals surface area (Å²) < 4.78 is 5.92. The van der Waals surface area contributed by atoms with Gasteiger partial charge in [-0.1, -0.05) is 56.4 Å².